The van der Waals surface area contributed by atoms with Crippen molar-refractivity contribution in [3.63, 3.8) is 0 Å². The van der Waals surface area contributed by atoms with Gasteiger partial charge in [-0.3, -0.25) is 9.48 Å². The summed E-state index contributed by atoms with van der Waals surface area (Å²) in [6.45, 7) is 1.63. The van der Waals surface area contributed by atoms with Crippen molar-refractivity contribution in [1.82, 2.24) is 14.8 Å². The van der Waals surface area contributed by atoms with E-state index in [0.717, 1.165) is 12.1 Å². The lowest BCUT2D eigenvalue weighted by molar-refractivity contribution is 0.470. The third-order valence-electron chi connectivity index (χ3n) is 3.35. The molecule has 0 aliphatic rings. The van der Waals surface area contributed by atoms with Crippen LogP contribution in [-0.2, 0) is 7.05 Å². The quantitative estimate of drug-likeness (QED) is 0.722. The molecule has 1 aromatic carbocycles. The summed E-state index contributed by atoms with van der Waals surface area (Å²) >= 11 is 0. The molecule has 2 heterocycles. The van der Waals surface area contributed by atoms with Gasteiger partial charge >= 0.3 is 0 Å². The van der Waals surface area contributed by atoms with Gasteiger partial charge in [0.15, 0.2) is 5.75 Å². The van der Waals surface area contributed by atoms with Gasteiger partial charge in [0.2, 0.25) is 5.43 Å². The highest BCUT2D eigenvalue weighted by atomic mass is 19.1. The van der Waals surface area contributed by atoms with Crippen LogP contribution in [0, 0.1) is 18.6 Å². The summed E-state index contributed by atoms with van der Waals surface area (Å²) in [6, 6.07) is 2.89. The number of aromatic amines is 1. The number of aryl methyl sites for hydroxylation is 2. The van der Waals surface area contributed by atoms with Gasteiger partial charge in [0.1, 0.15) is 17.3 Å². The largest absolute Gasteiger partial charge is 0.503 e. The second-order valence-corrected chi connectivity index (χ2v) is 4.73. The second-order valence-electron chi connectivity index (χ2n) is 4.73. The number of fused-ring (bicyclic) bond motifs is 1. The highest BCUT2D eigenvalue weighted by molar-refractivity contribution is 5.84. The van der Waals surface area contributed by atoms with E-state index in [4.69, 9.17) is 0 Å². The molecule has 2 N–H and O–H groups in total. The highest BCUT2D eigenvalue weighted by Gasteiger charge is 2.19. The van der Waals surface area contributed by atoms with Crippen molar-refractivity contribution in [3.05, 3.63) is 45.8 Å². The number of hydrogen-bond donors (Lipinski definition) is 2. The van der Waals surface area contributed by atoms with Crippen LogP contribution in [0.25, 0.3) is 22.3 Å². The highest BCUT2D eigenvalue weighted by Crippen LogP contribution is 2.29. The lowest BCUT2D eigenvalue weighted by Crippen LogP contribution is -2.06. The zero-order chi connectivity index (χ0) is 15.3. The minimum absolute atomic E-state index is 0.0910. The molecular formula is C14H11F2N3O2. The SMILES string of the molecule is Cc1nn(C)c2[nH]c(-c3ccc(F)cc3F)c(O)c(=O)c12. The van der Waals surface area contributed by atoms with Crippen molar-refractivity contribution in [3.8, 4) is 17.0 Å². The fraction of sp³-hybridized carbons (Fsp3) is 0.143. The number of H-pyrrole nitrogens is 1. The van der Waals surface area contributed by atoms with E-state index in [1.807, 2.05) is 0 Å². The van der Waals surface area contributed by atoms with E-state index < -0.39 is 22.8 Å². The molecule has 0 saturated carbocycles. The average Bonchev–Trinajstić information content (AvgIpc) is 2.69. The van der Waals surface area contributed by atoms with Gasteiger partial charge < -0.3 is 10.1 Å². The molecule has 0 saturated heterocycles. The lowest BCUT2D eigenvalue weighted by atomic mass is 10.1. The van der Waals surface area contributed by atoms with E-state index >= 15 is 0 Å². The Hall–Kier alpha value is -2.70. The van der Waals surface area contributed by atoms with E-state index in [-0.39, 0.29) is 16.6 Å². The lowest BCUT2D eigenvalue weighted by Gasteiger charge is -2.07. The molecule has 0 fully saturated rings. The number of aromatic nitrogens is 3. The summed E-state index contributed by atoms with van der Waals surface area (Å²) in [7, 11) is 1.62. The molecule has 21 heavy (non-hydrogen) atoms. The van der Waals surface area contributed by atoms with Gasteiger partial charge in [0.25, 0.3) is 0 Å². The second kappa shape index (κ2) is 4.41. The van der Waals surface area contributed by atoms with Gasteiger partial charge in [-0.15, -0.1) is 0 Å². The molecule has 0 amide bonds. The normalized spacial score (nSPS) is 11.2. The monoisotopic (exact) mass is 291 g/mol. The summed E-state index contributed by atoms with van der Waals surface area (Å²) < 4.78 is 28.3. The molecule has 5 nitrogen and oxygen atoms in total. The molecule has 3 rings (SSSR count). The number of pyridine rings is 1. The Balaban J connectivity index is 2.41. The molecule has 0 spiro atoms. The molecule has 0 bridgehead atoms. The first-order chi connectivity index (χ1) is 9.90. The molecule has 7 heteroatoms. The molecular weight excluding hydrogens is 280 g/mol. The molecule has 0 atom stereocenters. The summed E-state index contributed by atoms with van der Waals surface area (Å²) in [4.78, 5) is 15.0. The molecule has 108 valence electrons. The Bertz CT molecular complexity index is 928. The van der Waals surface area contributed by atoms with Crippen LogP contribution < -0.4 is 5.43 Å². The minimum atomic E-state index is -0.876. The van der Waals surface area contributed by atoms with Crippen molar-refractivity contribution in [2.45, 2.75) is 6.92 Å². The van der Waals surface area contributed by atoms with Crippen molar-refractivity contribution >= 4 is 11.0 Å². The van der Waals surface area contributed by atoms with Gasteiger partial charge in [-0.25, -0.2) is 8.78 Å². The Labute approximate surface area is 117 Å². The summed E-state index contributed by atoms with van der Waals surface area (Å²) in [5.41, 5.74) is -0.0305. The van der Waals surface area contributed by atoms with Gasteiger partial charge in [-0.1, -0.05) is 0 Å². The van der Waals surface area contributed by atoms with Crippen LogP contribution in [-0.4, -0.2) is 19.9 Å². The summed E-state index contributed by atoms with van der Waals surface area (Å²) in [6.07, 6.45) is 0. The van der Waals surface area contributed by atoms with Crippen LogP contribution in [0.3, 0.4) is 0 Å². The average molecular weight is 291 g/mol. The van der Waals surface area contributed by atoms with E-state index in [2.05, 4.69) is 10.1 Å². The van der Waals surface area contributed by atoms with Gasteiger partial charge in [0.05, 0.1) is 16.8 Å². The molecule has 2 aromatic heterocycles. The van der Waals surface area contributed by atoms with E-state index in [9.17, 15) is 18.7 Å². The molecule has 0 radical (unpaired) electrons. The maximum Gasteiger partial charge on any atom is 0.235 e. The maximum absolute atomic E-state index is 13.9. The number of benzene rings is 1. The third kappa shape index (κ3) is 1.89. The van der Waals surface area contributed by atoms with Crippen molar-refractivity contribution in [2.24, 2.45) is 7.05 Å². The fourth-order valence-corrected chi connectivity index (χ4v) is 2.37. The third-order valence-corrected chi connectivity index (χ3v) is 3.35. The Morgan fingerprint density at radius 1 is 1.33 bits per heavy atom. The zero-order valence-corrected chi connectivity index (χ0v) is 11.2. The predicted molar refractivity (Wildman–Crippen MR) is 73.1 cm³/mol. The summed E-state index contributed by atoms with van der Waals surface area (Å²) in [5, 5.41) is 14.4. The van der Waals surface area contributed by atoms with E-state index in [1.54, 1.807) is 14.0 Å². The number of hydrogen-bond acceptors (Lipinski definition) is 3. The molecule has 0 aliphatic carbocycles. The Kier molecular flexibility index (Phi) is 2.79. The van der Waals surface area contributed by atoms with Crippen LogP contribution >= 0.6 is 0 Å². The zero-order valence-electron chi connectivity index (χ0n) is 11.2. The number of rotatable bonds is 1. The minimum Gasteiger partial charge on any atom is -0.503 e. The van der Waals surface area contributed by atoms with E-state index in [0.29, 0.717) is 17.4 Å². The summed E-state index contributed by atoms with van der Waals surface area (Å²) in [5.74, 6) is -2.24. The van der Waals surface area contributed by atoms with E-state index in [1.165, 1.54) is 4.68 Å². The van der Waals surface area contributed by atoms with Crippen LogP contribution in [0.5, 0.6) is 5.75 Å². The smallest absolute Gasteiger partial charge is 0.235 e. The first-order valence-electron chi connectivity index (χ1n) is 6.14. The van der Waals surface area contributed by atoms with Crippen molar-refractivity contribution < 1.29 is 13.9 Å². The number of nitrogens with one attached hydrogen (secondary N) is 1. The topological polar surface area (TPSA) is 70.9 Å². The predicted octanol–water partition coefficient (Wildman–Crippen LogP) is 2.22. The van der Waals surface area contributed by atoms with Gasteiger partial charge in [0, 0.05) is 18.7 Å². The van der Waals surface area contributed by atoms with Crippen LogP contribution in [0.1, 0.15) is 5.69 Å². The van der Waals surface area contributed by atoms with Crippen LogP contribution in [0.15, 0.2) is 23.0 Å². The Morgan fingerprint density at radius 2 is 2.05 bits per heavy atom. The first-order valence-corrected chi connectivity index (χ1v) is 6.14. The Morgan fingerprint density at radius 3 is 2.71 bits per heavy atom. The molecule has 3 aromatic rings. The number of halogens is 2. The number of nitrogens with zero attached hydrogens (tertiary/aromatic N) is 2. The fourth-order valence-electron chi connectivity index (χ4n) is 2.37. The van der Waals surface area contributed by atoms with Crippen LogP contribution in [0.2, 0.25) is 0 Å². The molecule has 0 unspecified atom stereocenters. The van der Waals surface area contributed by atoms with Crippen molar-refractivity contribution in [2.75, 3.05) is 0 Å². The maximum atomic E-state index is 13.9. The molecule has 0 aliphatic heterocycles. The van der Waals surface area contributed by atoms with Crippen molar-refractivity contribution in [1.29, 1.82) is 0 Å². The standard InChI is InChI=1S/C14H11F2N3O2/c1-6-10-12(20)13(21)11(17-14(10)19(2)18-6)8-4-3-7(15)5-9(8)16/h3-5,21H,1-2H3,(H,17,20). The van der Waals surface area contributed by atoms with Gasteiger partial charge in [-0.05, 0) is 19.1 Å². The first kappa shape index (κ1) is 13.3. The van der Waals surface area contributed by atoms with Crippen LogP contribution in [0.4, 0.5) is 8.78 Å². The number of aromatic hydroxyl groups is 1. The van der Waals surface area contributed by atoms with Gasteiger partial charge in [-0.2, -0.15) is 5.10 Å².